The van der Waals surface area contributed by atoms with Crippen LogP contribution in [0.15, 0.2) is 69.6 Å². The molecule has 1 aliphatic heterocycles. The van der Waals surface area contributed by atoms with E-state index < -0.39 is 17.8 Å². The van der Waals surface area contributed by atoms with Gasteiger partial charge in [-0.25, -0.2) is 14.2 Å². The standard InChI is InChI=1S/C23H18ClFN2O3S/c1-3-30-22(29)19-13(2)26-23-27(20(19)15-6-10-17(25)11-7-15)21(28)18(31-23)12-14-4-8-16(24)9-5-14/h4-12,20H,3H2,1-2H3/b18-12-/t20-/m0/s1. The molecule has 0 saturated carbocycles. The van der Waals surface area contributed by atoms with Gasteiger partial charge in [-0.15, -0.1) is 0 Å². The molecule has 0 amide bonds. The zero-order valence-corrected chi connectivity index (χ0v) is 18.3. The molecule has 0 aliphatic carbocycles. The molecule has 31 heavy (non-hydrogen) atoms. The maximum Gasteiger partial charge on any atom is 0.338 e. The lowest BCUT2D eigenvalue weighted by molar-refractivity contribution is -0.139. The molecule has 5 nitrogen and oxygen atoms in total. The van der Waals surface area contributed by atoms with Crippen LogP contribution in [-0.2, 0) is 9.53 Å². The normalized spacial score (nSPS) is 16.1. The molecule has 0 fully saturated rings. The molecular formula is C23H18ClFN2O3S. The van der Waals surface area contributed by atoms with E-state index in [1.165, 1.54) is 28.0 Å². The Hall–Kier alpha value is -3.03. The van der Waals surface area contributed by atoms with Crippen molar-refractivity contribution in [3.05, 3.63) is 101 Å². The molecule has 2 heterocycles. The third kappa shape index (κ3) is 4.11. The fraction of sp³-hybridized carbons (Fsp3) is 0.174. The van der Waals surface area contributed by atoms with Crippen LogP contribution in [0.1, 0.15) is 31.0 Å². The Kier molecular flexibility index (Phi) is 5.89. The molecule has 0 N–H and O–H groups in total. The summed E-state index contributed by atoms with van der Waals surface area (Å²) in [4.78, 5) is 31.1. The molecule has 0 radical (unpaired) electrons. The Morgan fingerprint density at radius 2 is 1.90 bits per heavy atom. The summed E-state index contributed by atoms with van der Waals surface area (Å²) in [5.41, 5.74) is 1.85. The van der Waals surface area contributed by atoms with Crippen LogP contribution >= 0.6 is 22.9 Å². The fourth-order valence-electron chi connectivity index (χ4n) is 3.46. The van der Waals surface area contributed by atoms with Crippen LogP contribution in [0.25, 0.3) is 6.08 Å². The number of aromatic nitrogens is 1. The van der Waals surface area contributed by atoms with E-state index in [9.17, 15) is 14.0 Å². The minimum absolute atomic E-state index is 0.187. The molecule has 2 aromatic carbocycles. The SMILES string of the molecule is CCOC(=O)C1=C(C)N=c2s/c(=C\c3ccc(Cl)cc3)c(=O)n2[C@H]1c1ccc(F)cc1. The number of carbonyl (C=O) groups excluding carboxylic acids is 1. The maximum absolute atomic E-state index is 13.6. The van der Waals surface area contributed by atoms with Gasteiger partial charge in [0.1, 0.15) is 5.82 Å². The molecule has 1 aromatic heterocycles. The highest BCUT2D eigenvalue weighted by Gasteiger charge is 2.33. The smallest absolute Gasteiger partial charge is 0.338 e. The van der Waals surface area contributed by atoms with Crippen molar-refractivity contribution in [1.29, 1.82) is 0 Å². The number of hydrogen-bond acceptors (Lipinski definition) is 5. The summed E-state index contributed by atoms with van der Waals surface area (Å²) in [6.07, 6.45) is 1.76. The van der Waals surface area contributed by atoms with Crippen molar-refractivity contribution in [3.63, 3.8) is 0 Å². The number of esters is 1. The monoisotopic (exact) mass is 456 g/mol. The molecule has 1 atom stereocenters. The molecule has 3 aromatic rings. The van der Waals surface area contributed by atoms with Gasteiger partial charge < -0.3 is 4.74 Å². The first-order valence-electron chi connectivity index (χ1n) is 9.59. The first-order valence-corrected chi connectivity index (χ1v) is 10.8. The number of benzene rings is 2. The third-order valence-electron chi connectivity index (χ3n) is 4.87. The van der Waals surface area contributed by atoms with Crippen molar-refractivity contribution >= 4 is 35.0 Å². The van der Waals surface area contributed by atoms with Gasteiger partial charge in [0.05, 0.1) is 28.5 Å². The van der Waals surface area contributed by atoms with Crippen molar-refractivity contribution in [2.75, 3.05) is 6.61 Å². The van der Waals surface area contributed by atoms with Crippen LogP contribution in [-0.4, -0.2) is 17.1 Å². The van der Waals surface area contributed by atoms with Crippen molar-refractivity contribution in [2.24, 2.45) is 4.99 Å². The van der Waals surface area contributed by atoms with Gasteiger partial charge in [0.15, 0.2) is 4.80 Å². The number of halogens is 2. The first kappa shape index (κ1) is 21.2. The second kappa shape index (κ2) is 8.61. The Bertz CT molecular complexity index is 1360. The second-order valence-corrected chi connectivity index (χ2v) is 8.35. The highest BCUT2D eigenvalue weighted by Crippen LogP contribution is 2.30. The molecule has 0 saturated heterocycles. The summed E-state index contributed by atoms with van der Waals surface area (Å²) in [5.74, 6) is -0.956. The maximum atomic E-state index is 13.6. The van der Waals surface area contributed by atoms with Crippen LogP contribution < -0.4 is 14.9 Å². The number of hydrogen-bond donors (Lipinski definition) is 0. The van der Waals surface area contributed by atoms with E-state index in [0.29, 0.717) is 25.6 Å². The van der Waals surface area contributed by atoms with E-state index in [4.69, 9.17) is 16.3 Å². The summed E-state index contributed by atoms with van der Waals surface area (Å²) in [5, 5.41) is 0.602. The third-order valence-corrected chi connectivity index (χ3v) is 6.11. The molecule has 0 unspecified atom stereocenters. The Labute approximate surface area is 186 Å². The van der Waals surface area contributed by atoms with Gasteiger partial charge in [0, 0.05) is 5.02 Å². The average Bonchev–Trinajstić information content (AvgIpc) is 3.04. The van der Waals surface area contributed by atoms with Gasteiger partial charge in [-0.05, 0) is 55.3 Å². The zero-order chi connectivity index (χ0) is 22.1. The average molecular weight is 457 g/mol. The van der Waals surface area contributed by atoms with Gasteiger partial charge >= 0.3 is 5.97 Å². The number of fused-ring (bicyclic) bond motifs is 1. The van der Waals surface area contributed by atoms with Crippen molar-refractivity contribution in [3.8, 4) is 0 Å². The summed E-state index contributed by atoms with van der Waals surface area (Å²) < 4.78 is 20.7. The Morgan fingerprint density at radius 1 is 1.23 bits per heavy atom. The summed E-state index contributed by atoms with van der Waals surface area (Å²) in [7, 11) is 0. The van der Waals surface area contributed by atoms with Crippen molar-refractivity contribution in [1.82, 2.24) is 4.57 Å². The van der Waals surface area contributed by atoms with Crippen LogP contribution in [0.2, 0.25) is 5.02 Å². The summed E-state index contributed by atoms with van der Waals surface area (Å²) >= 11 is 7.17. The molecule has 8 heteroatoms. The number of thiazole rings is 1. The first-order chi connectivity index (χ1) is 14.9. The van der Waals surface area contributed by atoms with Gasteiger partial charge in [0.25, 0.3) is 5.56 Å². The van der Waals surface area contributed by atoms with Crippen LogP contribution in [0, 0.1) is 5.82 Å². The predicted octanol–water partition coefficient (Wildman–Crippen LogP) is 3.59. The van der Waals surface area contributed by atoms with E-state index in [2.05, 4.69) is 4.99 Å². The number of rotatable bonds is 4. The largest absolute Gasteiger partial charge is 0.463 e. The molecule has 0 spiro atoms. The van der Waals surface area contributed by atoms with Crippen molar-refractivity contribution < 1.29 is 13.9 Å². The van der Waals surface area contributed by atoms with Gasteiger partial charge in [0.2, 0.25) is 0 Å². The minimum atomic E-state index is -0.761. The van der Waals surface area contributed by atoms with E-state index in [1.807, 2.05) is 12.1 Å². The summed E-state index contributed by atoms with van der Waals surface area (Å²) in [6.45, 7) is 3.60. The number of allylic oxidation sites excluding steroid dienone is 1. The minimum Gasteiger partial charge on any atom is -0.463 e. The van der Waals surface area contributed by atoms with Crippen molar-refractivity contribution in [2.45, 2.75) is 19.9 Å². The van der Waals surface area contributed by atoms with Gasteiger partial charge in [-0.2, -0.15) is 0 Å². The lowest BCUT2D eigenvalue weighted by Crippen LogP contribution is -2.39. The molecule has 0 bridgehead atoms. The van der Waals surface area contributed by atoms with Crippen LogP contribution in [0.5, 0.6) is 0 Å². The molecule has 4 rings (SSSR count). The number of nitrogens with zero attached hydrogens (tertiary/aromatic N) is 2. The lowest BCUT2D eigenvalue weighted by Gasteiger charge is -2.24. The fourth-order valence-corrected chi connectivity index (χ4v) is 4.63. The highest BCUT2D eigenvalue weighted by atomic mass is 35.5. The predicted molar refractivity (Wildman–Crippen MR) is 118 cm³/mol. The highest BCUT2D eigenvalue weighted by molar-refractivity contribution is 7.07. The van der Waals surface area contributed by atoms with Gasteiger partial charge in [-0.1, -0.05) is 47.2 Å². The Balaban J connectivity index is 1.94. The quantitative estimate of drug-likeness (QED) is 0.564. The van der Waals surface area contributed by atoms with E-state index in [0.717, 1.165) is 5.56 Å². The summed E-state index contributed by atoms with van der Waals surface area (Å²) in [6, 6.07) is 12.1. The van der Waals surface area contributed by atoms with Crippen LogP contribution in [0.3, 0.4) is 0 Å². The van der Waals surface area contributed by atoms with E-state index in [-0.39, 0.29) is 17.7 Å². The second-order valence-electron chi connectivity index (χ2n) is 6.91. The van der Waals surface area contributed by atoms with Crippen LogP contribution in [0.4, 0.5) is 4.39 Å². The Morgan fingerprint density at radius 3 is 2.55 bits per heavy atom. The zero-order valence-electron chi connectivity index (χ0n) is 16.8. The van der Waals surface area contributed by atoms with E-state index in [1.54, 1.807) is 44.2 Å². The number of ether oxygens (including phenoxy) is 1. The molecular weight excluding hydrogens is 439 g/mol. The van der Waals surface area contributed by atoms with Gasteiger partial charge in [-0.3, -0.25) is 9.36 Å². The molecule has 158 valence electrons. The molecule has 1 aliphatic rings. The lowest BCUT2D eigenvalue weighted by atomic mass is 9.96. The number of carbonyl (C=O) groups is 1. The topological polar surface area (TPSA) is 60.7 Å². The van der Waals surface area contributed by atoms with E-state index >= 15 is 0 Å².